The van der Waals surface area contributed by atoms with Crippen LogP contribution in [0.3, 0.4) is 0 Å². The minimum Gasteiger partial charge on any atom is -0.313 e. The molecule has 2 saturated carbocycles. The van der Waals surface area contributed by atoms with Gasteiger partial charge in [0.25, 0.3) is 0 Å². The summed E-state index contributed by atoms with van der Waals surface area (Å²) in [6, 6.07) is 1.62. The lowest BCUT2D eigenvalue weighted by atomic mass is 10.1. The second-order valence-corrected chi connectivity index (χ2v) is 6.91. The molecule has 2 fully saturated rings. The first-order chi connectivity index (χ1) is 8.66. The van der Waals surface area contributed by atoms with Gasteiger partial charge in [-0.1, -0.05) is 26.7 Å². The molecule has 2 rings (SSSR count). The minimum atomic E-state index is 0.745. The van der Waals surface area contributed by atoms with Gasteiger partial charge in [-0.05, 0) is 44.4 Å². The molecule has 106 valence electrons. The van der Waals surface area contributed by atoms with E-state index in [1.807, 2.05) is 0 Å². The van der Waals surface area contributed by atoms with Gasteiger partial charge in [0.1, 0.15) is 0 Å². The Morgan fingerprint density at radius 1 is 1.06 bits per heavy atom. The van der Waals surface area contributed by atoms with Gasteiger partial charge in [-0.3, -0.25) is 4.90 Å². The van der Waals surface area contributed by atoms with Crippen LogP contribution in [-0.4, -0.2) is 36.6 Å². The van der Waals surface area contributed by atoms with Crippen molar-refractivity contribution >= 4 is 0 Å². The Balaban J connectivity index is 1.69. The molecule has 0 radical (unpaired) electrons. The Morgan fingerprint density at radius 3 is 2.28 bits per heavy atom. The molecule has 18 heavy (non-hydrogen) atoms. The predicted octanol–water partition coefficient (Wildman–Crippen LogP) is 3.28. The molecule has 0 aromatic heterocycles. The molecule has 2 heteroatoms. The van der Waals surface area contributed by atoms with Crippen LogP contribution in [0.15, 0.2) is 0 Å². The zero-order valence-electron chi connectivity index (χ0n) is 12.6. The van der Waals surface area contributed by atoms with Crippen molar-refractivity contribution in [2.75, 3.05) is 19.6 Å². The molecular weight excluding hydrogens is 220 g/mol. The fourth-order valence-corrected chi connectivity index (χ4v) is 3.36. The molecule has 0 amide bonds. The normalized spacial score (nSPS) is 23.2. The molecule has 1 atom stereocenters. The van der Waals surface area contributed by atoms with E-state index in [9.17, 15) is 0 Å². The van der Waals surface area contributed by atoms with Crippen molar-refractivity contribution in [3.05, 3.63) is 0 Å². The Hall–Kier alpha value is -0.0800. The quantitative estimate of drug-likeness (QED) is 0.713. The van der Waals surface area contributed by atoms with Crippen LogP contribution < -0.4 is 5.32 Å². The Morgan fingerprint density at radius 2 is 1.72 bits per heavy atom. The summed E-state index contributed by atoms with van der Waals surface area (Å²) in [5, 5.41) is 3.73. The van der Waals surface area contributed by atoms with Crippen LogP contribution in [0, 0.1) is 11.8 Å². The van der Waals surface area contributed by atoms with Crippen LogP contribution in [0.1, 0.15) is 59.3 Å². The molecule has 2 aliphatic rings. The van der Waals surface area contributed by atoms with E-state index < -0.39 is 0 Å². The highest BCUT2D eigenvalue weighted by molar-refractivity contribution is 4.84. The summed E-state index contributed by atoms with van der Waals surface area (Å²) < 4.78 is 0. The molecule has 0 spiro atoms. The Bertz CT molecular complexity index is 229. The topological polar surface area (TPSA) is 15.3 Å². The summed E-state index contributed by atoms with van der Waals surface area (Å²) in [7, 11) is 0. The van der Waals surface area contributed by atoms with E-state index in [1.54, 1.807) is 0 Å². The fourth-order valence-electron chi connectivity index (χ4n) is 3.36. The third kappa shape index (κ3) is 4.55. The third-order valence-corrected chi connectivity index (χ3v) is 4.64. The van der Waals surface area contributed by atoms with Crippen LogP contribution in [0.2, 0.25) is 0 Å². The van der Waals surface area contributed by atoms with E-state index in [0.29, 0.717) is 0 Å². The number of hydrogen-bond acceptors (Lipinski definition) is 2. The van der Waals surface area contributed by atoms with Crippen molar-refractivity contribution < 1.29 is 0 Å². The van der Waals surface area contributed by atoms with Crippen LogP contribution >= 0.6 is 0 Å². The average Bonchev–Trinajstić information content (AvgIpc) is 3.03. The van der Waals surface area contributed by atoms with Gasteiger partial charge in [0, 0.05) is 31.7 Å². The van der Waals surface area contributed by atoms with Gasteiger partial charge >= 0.3 is 0 Å². The summed E-state index contributed by atoms with van der Waals surface area (Å²) in [6.45, 7) is 10.8. The van der Waals surface area contributed by atoms with Crippen molar-refractivity contribution in [1.82, 2.24) is 10.2 Å². The van der Waals surface area contributed by atoms with Crippen molar-refractivity contribution in [2.45, 2.75) is 71.4 Å². The van der Waals surface area contributed by atoms with E-state index in [-0.39, 0.29) is 0 Å². The number of rotatable bonds is 8. The van der Waals surface area contributed by atoms with Gasteiger partial charge in [0.15, 0.2) is 0 Å². The maximum Gasteiger partial charge on any atom is 0.0110 e. The highest BCUT2D eigenvalue weighted by Gasteiger charge is 2.28. The highest BCUT2D eigenvalue weighted by atomic mass is 15.2. The maximum atomic E-state index is 3.73. The molecular formula is C16H32N2. The van der Waals surface area contributed by atoms with Crippen molar-refractivity contribution in [3.8, 4) is 0 Å². The fraction of sp³-hybridized carbons (Fsp3) is 1.00. The third-order valence-electron chi connectivity index (χ3n) is 4.64. The van der Waals surface area contributed by atoms with E-state index >= 15 is 0 Å². The van der Waals surface area contributed by atoms with Gasteiger partial charge < -0.3 is 5.32 Å². The molecule has 0 aliphatic heterocycles. The van der Waals surface area contributed by atoms with Crippen LogP contribution in [0.5, 0.6) is 0 Å². The second-order valence-electron chi connectivity index (χ2n) is 6.91. The summed E-state index contributed by atoms with van der Waals surface area (Å²) in [5.41, 5.74) is 0. The molecule has 0 aromatic carbocycles. The van der Waals surface area contributed by atoms with Gasteiger partial charge in [-0.2, -0.15) is 0 Å². The summed E-state index contributed by atoms with van der Waals surface area (Å²) in [4.78, 5) is 2.75. The minimum absolute atomic E-state index is 0.745. The predicted molar refractivity (Wildman–Crippen MR) is 78.9 cm³/mol. The smallest absolute Gasteiger partial charge is 0.0110 e. The van der Waals surface area contributed by atoms with Crippen molar-refractivity contribution in [2.24, 2.45) is 11.8 Å². The molecule has 1 N–H and O–H groups in total. The molecule has 0 saturated heterocycles. The first-order valence-corrected chi connectivity index (χ1v) is 8.14. The maximum absolute atomic E-state index is 3.73. The van der Waals surface area contributed by atoms with E-state index in [1.165, 1.54) is 58.2 Å². The average molecular weight is 252 g/mol. The molecule has 0 bridgehead atoms. The highest BCUT2D eigenvalue weighted by Crippen LogP contribution is 2.32. The monoisotopic (exact) mass is 252 g/mol. The zero-order chi connectivity index (χ0) is 13.0. The van der Waals surface area contributed by atoms with E-state index in [0.717, 1.165) is 23.9 Å². The lowest BCUT2D eigenvalue weighted by molar-refractivity contribution is 0.175. The van der Waals surface area contributed by atoms with Gasteiger partial charge in [-0.25, -0.2) is 0 Å². The molecule has 1 unspecified atom stereocenters. The second kappa shape index (κ2) is 6.91. The van der Waals surface area contributed by atoms with E-state index in [4.69, 9.17) is 0 Å². The number of nitrogens with zero attached hydrogens (tertiary/aromatic N) is 1. The zero-order valence-corrected chi connectivity index (χ0v) is 12.6. The Labute approximate surface area is 114 Å². The SMILES string of the molecule is CC(C)CN(CCNC(C)C1CC1)C1CCCC1. The number of nitrogens with one attached hydrogen (secondary N) is 1. The number of hydrogen-bond donors (Lipinski definition) is 1. The molecule has 2 aliphatic carbocycles. The van der Waals surface area contributed by atoms with Crippen molar-refractivity contribution in [3.63, 3.8) is 0 Å². The van der Waals surface area contributed by atoms with Gasteiger partial charge in [-0.15, -0.1) is 0 Å². The molecule has 2 nitrogen and oxygen atoms in total. The summed E-state index contributed by atoms with van der Waals surface area (Å²) >= 11 is 0. The van der Waals surface area contributed by atoms with Gasteiger partial charge in [0.05, 0.1) is 0 Å². The van der Waals surface area contributed by atoms with E-state index in [2.05, 4.69) is 31.0 Å². The molecule has 0 heterocycles. The van der Waals surface area contributed by atoms with Crippen LogP contribution in [-0.2, 0) is 0 Å². The van der Waals surface area contributed by atoms with Gasteiger partial charge in [0.2, 0.25) is 0 Å². The largest absolute Gasteiger partial charge is 0.313 e. The Kier molecular flexibility index (Phi) is 5.50. The lowest BCUT2D eigenvalue weighted by Crippen LogP contribution is -2.42. The summed E-state index contributed by atoms with van der Waals surface area (Å²) in [5.74, 6) is 1.78. The first-order valence-electron chi connectivity index (χ1n) is 8.14. The first kappa shape index (κ1) is 14.3. The summed E-state index contributed by atoms with van der Waals surface area (Å²) in [6.07, 6.45) is 8.67. The standard InChI is InChI=1S/C16H32N2/c1-13(2)12-18(16-6-4-5-7-16)11-10-17-14(3)15-8-9-15/h13-17H,4-12H2,1-3H3. The van der Waals surface area contributed by atoms with Crippen LogP contribution in [0.4, 0.5) is 0 Å². The van der Waals surface area contributed by atoms with Crippen LogP contribution in [0.25, 0.3) is 0 Å². The van der Waals surface area contributed by atoms with Crippen molar-refractivity contribution in [1.29, 1.82) is 0 Å². The lowest BCUT2D eigenvalue weighted by Gasteiger charge is -2.31. The molecule has 0 aromatic rings.